The highest BCUT2D eigenvalue weighted by atomic mass is 16.2. The monoisotopic (exact) mass is 1040 g/mol. The van der Waals surface area contributed by atoms with E-state index in [1.807, 2.05) is 46.2 Å². The second-order valence-corrected chi connectivity index (χ2v) is 21.0. The van der Waals surface area contributed by atoms with E-state index in [9.17, 15) is 9.59 Å². The van der Waals surface area contributed by atoms with Crippen molar-refractivity contribution >= 4 is 69.8 Å². The van der Waals surface area contributed by atoms with Crippen LogP contribution >= 0.6 is 0 Å². The molecular formula is C64H70N12O2. The summed E-state index contributed by atoms with van der Waals surface area (Å²) in [6.45, 7) is 20.2. The number of carbonyl (C=O) groups is 2. The van der Waals surface area contributed by atoms with E-state index in [0.717, 1.165) is 112 Å². The lowest BCUT2D eigenvalue weighted by molar-refractivity contribution is 0.209. The Balaban J connectivity index is 1.27. The van der Waals surface area contributed by atoms with Crippen LogP contribution in [0.1, 0.15) is 56.2 Å². The van der Waals surface area contributed by atoms with Crippen LogP contribution < -0.4 is 31.9 Å². The molecule has 0 aliphatic carbocycles. The van der Waals surface area contributed by atoms with Crippen LogP contribution in [0.4, 0.5) is 21.0 Å². The number of benzene rings is 4. The molecule has 3 aromatic heterocycles. The molecule has 1 fully saturated rings. The average Bonchev–Trinajstić information content (AvgIpc) is 4.41. The van der Waals surface area contributed by atoms with Crippen molar-refractivity contribution in [1.82, 2.24) is 51.0 Å². The summed E-state index contributed by atoms with van der Waals surface area (Å²) in [7, 11) is 0. The molecule has 1 saturated heterocycles. The number of aryl methyl sites for hydroxylation is 6. The quantitative estimate of drug-likeness (QED) is 0.0846. The number of H-pyrrole nitrogens is 2. The normalized spacial score (nSPS) is 15.9. The van der Waals surface area contributed by atoms with Crippen LogP contribution in [-0.2, 0) is 0 Å². The molecule has 398 valence electrons. The van der Waals surface area contributed by atoms with Gasteiger partial charge < -0.3 is 51.7 Å². The average molecular weight is 1040 g/mol. The number of aromatic nitrogens is 4. The van der Waals surface area contributed by atoms with Gasteiger partial charge in [0.05, 0.1) is 34.2 Å². The number of carbonyl (C=O) groups excluding carboxylic acids is 2. The molecule has 4 aromatic carbocycles. The van der Waals surface area contributed by atoms with E-state index < -0.39 is 0 Å². The predicted molar refractivity (Wildman–Crippen MR) is 322 cm³/mol. The molecule has 12 bridgehead atoms. The second-order valence-electron chi connectivity index (χ2n) is 21.0. The lowest BCUT2D eigenvalue weighted by atomic mass is 9.92. The predicted octanol–water partition coefficient (Wildman–Crippen LogP) is 11.2. The molecule has 7 aliphatic heterocycles. The molecule has 0 unspecified atom stereocenters. The first-order chi connectivity index (χ1) is 38.0. The summed E-state index contributed by atoms with van der Waals surface area (Å²) >= 11 is 0. The molecule has 0 atom stereocenters. The topological polar surface area (TPSA) is 170 Å². The molecular weight excluding hydrogens is 969 g/mol. The first-order valence-corrected chi connectivity index (χ1v) is 27.5. The van der Waals surface area contributed by atoms with E-state index in [0.29, 0.717) is 89.9 Å². The zero-order valence-corrected chi connectivity index (χ0v) is 45.6. The smallest absolute Gasteiger partial charge is 0.321 e. The van der Waals surface area contributed by atoms with E-state index in [4.69, 9.17) is 9.97 Å². The third-order valence-electron chi connectivity index (χ3n) is 15.2. The fourth-order valence-electron chi connectivity index (χ4n) is 11.8. The van der Waals surface area contributed by atoms with Crippen molar-refractivity contribution < 1.29 is 9.59 Å². The van der Waals surface area contributed by atoms with Crippen LogP contribution in [0.5, 0.6) is 0 Å². The number of amides is 4. The lowest BCUT2D eigenvalue weighted by Gasteiger charge is -2.25. The Morgan fingerprint density at radius 1 is 0.372 bits per heavy atom. The Labute approximate surface area is 456 Å². The van der Waals surface area contributed by atoms with Crippen LogP contribution in [0.3, 0.4) is 0 Å². The lowest BCUT2D eigenvalue weighted by Crippen LogP contribution is -2.46. The number of hydrogen-bond acceptors (Lipinski definition) is 8. The van der Waals surface area contributed by atoms with E-state index in [1.165, 1.54) is 11.1 Å². The van der Waals surface area contributed by atoms with E-state index >= 15 is 0 Å². The summed E-state index contributed by atoms with van der Waals surface area (Å²) in [5.74, 6) is 0. The van der Waals surface area contributed by atoms with Gasteiger partial charge in [-0.25, -0.2) is 19.6 Å². The Kier molecular flexibility index (Phi) is 15.2. The van der Waals surface area contributed by atoms with Gasteiger partial charge in [0.1, 0.15) is 0 Å². The number of urea groups is 2. The molecule has 14 rings (SSSR count). The number of hydrogen-bond donors (Lipinski definition) is 8. The zero-order chi connectivity index (χ0) is 53.9. The van der Waals surface area contributed by atoms with Crippen LogP contribution in [-0.4, -0.2) is 120 Å². The highest BCUT2D eigenvalue weighted by Crippen LogP contribution is 2.43. The molecule has 14 nitrogen and oxygen atoms in total. The van der Waals surface area contributed by atoms with E-state index in [2.05, 4.69) is 168 Å². The zero-order valence-electron chi connectivity index (χ0n) is 45.6. The summed E-state index contributed by atoms with van der Waals surface area (Å²) in [5, 5.41) is 21.0. The summed E-state index contributed by atoms with van der Waals surface area (Å²) in [4.78, 5) is 52.5. The number of rotatable bonds is 2. The number of nitrogens with zero attached hydrogens (tertiary/aromatic N) is 4. The van der Waals surface area contributed by atoms with Gasteiger partial charge in [0.15, 0.2) is 0 Å². The number of anilines is 2. The van der Waals surface area contributed by atoms with Gasteiger partial charge in [0, 0.05) is 134 Å². The fraction of sp³-hybridized carbons (Fsp3) is 0.281. The van der Waals surface area contributed by atoms with Crippen LogP contribution in [0, 0.1) is 41.5 Å². The maximum Gasteiger partial charge on any atom is 0.321 e. The van der Waals surface area contributed by atoms with Crippen molar-refractivity contribution in [1.29, 1.82) is 0 Å². The van der Waals surface area contributed by atoms with Gasteiger partial charge in [-0.1, -0.05) is 71.8 Å². The molecule has 10 heterocycles. The Bertz CT molecular complexity index is 3390. The minimum atomic E-state index is -0.189. The SMILES string of the molecule is Cc1cc(C)c(-c2c3nc(c4c5ccc([nH]5)c(-c5c(C)cc(C)cc5C)c5nc(c(c6ccc2[nH]6)-c2ccccc2NC(=O)N2CCNCCNCCN(CCNCCNCC2)C(=O)Nc2ccccc2-4)C=C5)C=C3)c(C)c1. The molecule has 4 amide bonds. The summed E-state index contributed by atoms with van der Waals surface area (Å²) in [5.41, 5.74) is 22.1. The maximum absolute atomic E-state index is 14.8. The van der Waals surface area contributed by atoms with Crippen LogP contribution in [0.2, 0.25) is 0 Å². The summed E-state index contributed by atoms with van der Waals surface area (Å²) < 4.78 is 0. The van der Waals surface area contributed by atoms with Crippen molar-refractivity contribution in [2.75, 3.05) is 89.2 Å². The molecule has 0 saturated carbocycles. The largest absolute Gasteiger partial charge is 0.354 e. The summed E-state index contributed by atoms with van der Waals surface area (Å²) in [6.07, 6.45) is 8.44. The Hall–Kier alpha value is -8.14. The third kappa shape index (κ3) is 10.8. The number of aromatic amines is 2. The van der Waals surface area contributed by atoms with E-state index in [1.54, 1.807) is 0 Å². The second kappa shape index (κ2) is 22.8. The van der Waals surface area contributed by atoms with Gasteiger partial charge in [-0.15, -0.1) is 0 Å². The van der Waals surface area contributed by atoms with E-state index in [-0.39, 0.29) is 12.1 Å². The van der Waals surface area contributed by atoms with Gasteiger partial charge in [0.25, 0.3) is 0 Å². The Morgan fingerprint density at radius 3 is 1.03 bits per heavy atom. The fourth-order valence-corrected chi connectivity index (χ4v) is 11.8. The van der Waals surface area contributed by atoms with Crippen molar-refractivity contribution in [2.45, 2.75) is 41.5 Å². The molecule has 8 N–H and O–H groups in total. The molecule has 7 aromatic rings. The minimum absolute atomic E-state index is 0.189. The van der Waals surface area contributed by atoms with Gasteiger partial charge >= 0.3 is 12.1 Å². The first kappa shape index (κ1) is 51.9. The molecule has 78 heavy (non-hydrogen) atoms. The first-order valence-electron chi connectivity index (χ1n) is 27.5. The molecule has 14 heteroatoms. The Morgan fingerprint density at radius 2 is 0.679 bits per heavy atom. The molecule has 0 spiro atoms. The van der Waals surface area contributed by atoms with Crippen LogP contribution in [0.15, 0.2) is 97.1 Å². The highest BCUT2D eigenvalue weighted by molar-refractivity contribution is 6.05. The molecule has 0 radical (unpaired) electrons. The summed E-state index contributed by atoms with van der Waals surface area (Å²) in [6, 6.07) is 33.2. The van der Waals surface area contributed by atoms with Gasteiger partial charge in [0.2, 0.25) is 0 Å². The van der Waals surface area contributed by atoms with Crippen molar-refractivity contribution in [2.24, 2.45) is 0 Å². The van der Waals surface area contributed by atoms with Gasteiger partial charge in [-0.3, -0.25) is 0 Å². The number of para-hydroxylation sites is 2. The standard InChI is InChI=1S/C64H70N12O2/c1-39-35-41(3)57(42(4)36-39)61-53-19-15-49(69-53)59-45-11-7-9-13-47(45)73-63(77)75-31-27-65-23-25-67-29-33-76(34-30-68-26-24-66-28-32-75)64(78)74-48-14-10-8-12-46(48)60(50-16-20-54(61)70-50)52-18-22-56(72-52)62(55-21-17-51(59)71-55)58-43(5)37-40(2)38-44(58)6/h7-22,35-38,65-69,72H,23-34H2,1-6H3,(H,73,77)(H,74,78). The highest BCUT2D eigenvalue weighted by Gasteiger charge is 2.25. The number of nitrogens with one attached hydrogen (secondary N) is 8. The van der Waals surface area contributed by atoms with Crippen molar-refractivity contribution in [3.8, 4) is 44.5 Å². The van der Waals surface area contributed by atoms with Gasteiger partial charge in [-0.05, 0) is 136 Å². The van der Waals surface area contributed by atoms with Crippen molar-refractivity contribution in [3.63, 3.8) is 0 Å². The van der Waals surface area contributed by atoms with Gasteiger partial charge in [-0.2, -0.15) is 0 Å². The van der Waals surface area contributed by atoms with Crippen LogP contribution in [0.25, 0.3) is 90.9 Å². The third-order valence-corrected chi connectivity index (χ3v) is 15.2. The van der Waals surface area contributed by atoms with Crippen molar-refractivity contribution in [3.05, 3.63) is 153 Å². The maximum atomic E-state index is 14.8. The minimum Gasteiger partial charge on any atom is -0.354 e. The molecule has 7 aliphatic rings.